The van der Waals surface area contributed by atoms with E-state index in [1.165, 1.54) is 16.4 Å². The summed E-state index contributed by atoms with van der Waals surface area (Å²) < 4.78 is 26.0. The van der Waals surface area contributed by atoms with Gasteiger partial charge in [-0.05, 0) is 24.1 Å². The Kier molecular flexibility index (Phi) is 3.88. The van der Waals surface area contributed by atoms with Gasteiger partial charge in [0.1, 0.15) is 0 Å². The molecule has 1 saturated heterocycles. The van der Waals surface area contributed by atoms with Crippen LogP contribution in [0, 0.1) is 5.92 Å². The highest BCUT2D eigenvalue weighted by molar-refractivity contribution is 7.89. The van der Waals surface area contributed by atoms with Gasteiger partial charge in [0.2, 0.25) is 15.9 Å². The molecule has 19 heavy (non-hydrogen) atoms. The van der Waals surface area contributed by atoms with E-state index in [-0.39, 0.29) is 11.4 Å². The Hall–Kier alpha value is -1.44. The van der Waals surface area contributed by atoms with E-state index in [0.717, 1.165) is 5.56 Å². The zero-order chi connectivity index (χ0) is 14.0. The normalized spacial score (nSPS) is 20.6. The van der Waals surface area contributed by atoms with E-state index >= 15 is 0 Å². The van der Waals surface area contributed by atoms with Crippen LogP contribution < -0.4 is 11.5 Å². The average molecular weight is 283 g/mol. The third-order valence-corrected chi connectivity index (χ3v) is 5.23. The molecule has 1 aliphatic heterocycles. The topological polar surface area (TPSA) is 106 Å². The van der Waals surface area contributed by atoms with Crippen molar-refractivity contribution in [3.8, 4) is 0 Å². The predicted octanol–water partition coefficient (Wildman–Crippen LogP) is -0.359. The Morgan fingerprint density at radius 1 is 1.32 bits per heavy atom. The fourth-order valence-electron chi connectivity index (χ4n) is 2.13. The van der Waals surface area contributed by atoms with Gasteiger partial charge in [-0.2, -0.15) is 4.31 Å². The maximum atomic E-state index is 12.3. The van der Waals surface area contributed by atoms with E-state index in [2.05, 4.69) is 0 Å². The smallest absolute Gasteiger partial charge is 0.243 e. The van der Waals surface area contributed by atoms with Gasteiger partial charge in [0, 0.05) is 19.6 Å². The zero-order valence-corrected chi connectivity index (χ0v) is 11.3. The Balaban J connectivity index is 2.20. The second-order valence-corrected chi connectivity index (χ2v) is 6.54. The van der Waals surface area contributed by atoms with E-state index in [1.807, 2.05) is 0 Å². The standard InChI is InChI=1S/C12H17N3O3S/c13-7-9-1-3-11(4-2-9)19(17,18)15-6-5-10(8-15)12(14)16/h1-4,10H,5-8,13H2,(H2,14,16). The highest BCUT2D eigenvalue weighted by Gasteiger charge is 2.34. The van der Waals surface area contributed by atoms with Gasteiger partial charge < -0.3 is 11.5 Å². The summed E-state index contributed by atoms with van der Waals surface area (Å²) in [4.78, 5) is 11.3. The Labute approximate surface area is 112 Å². The van der Waals surface area contributed by atoms with Crippen molar-refractivity contribution in [1.29, 1.82) is 0 Å². The first-order valence-corrected chi connectivity index (χ1v) is 7.47. The number of hydrogen-bond donors (Lipinski definition) is 2. The summed E-state index contributed by atoms with van der Waals surface area (Å²) in [5.74, 6) is -0.839. The Morgan fingerprint density at radius 2 is 1.95 bits per heavy atom. The third kappa shape index (κ3) is 2.78. The Bertz CT molecular complexity index is 568. The molecule has 6 nitrogen and oxygen atoms in total. The van der Waals surface area contributed by atoms with Crippen LogP contribution in [0.2, 0.25) is 0 Å². The molecule has 1 heterocycles. The highest BCUT2D eigenvalue weighted by Crippen LogP contribution is 2.24. The number of benzene rings is 1. The van der Waals surface area contributed by atoms with Gasteiger partial charge in [-0.25, -0.2) is 8.42 Å². The summed E-state index contributed by atoms with van der Waals surface area (Å²) in [6.45, 7) is 0.860. The van der Waals surface area contributed by atoms with E-state index in [9.17, 15) is 13.2 Å². The van der Waals surface area contributed by atoms with Crippen LogP contribution in [-0.2, 0) is 21.4 Å². The van der Waals surface area contributed by atoms with Crippen LogP contribution in [0.1, 0.15) is 12.0 Å². The molecule has 0 bridgehead atoms. The van der Waals surface area contributed by atoms with Gasteiger partial charge in [-0.15, -0.1) is 0 Å². The molecular weight excluding hydrogens is 266 g/mol. The van der Waals surface area contributed by atoms with Gasteiger partial charge in [-0.1, -0.05) is 12.1 Å². The molecule has 0 saturated carbocycles. The van der Waals surface area contributed by atoms with Crippen molar-refractivity contribution in [1.82, 2.24) is 4.31 Å². The monoisotopic (exact) mass is 283 g/mol. The molecule has 1 amide bonds. The lowest BCUT2D eigenvalue weighted by atomic mass is 10.1. The number of primary amides is 1. The van der Waals surface area contributed by atoms with Crippen LogP contribution in [0.5, 0.6) is 0 Å². The first kappa shape index (κ1) is 14.0. The van der Waals surface area contributed by atoms with Crippen molar-refractivity contribution >= 4 is 15.9 Å². The second-order valence-electron chi connectivity index (χ2n) is 4.60. The van der Waals surface area contributed by atoms with Crippen LogP contribution >= 0.6 is 0 Å². The fraction of sp³-hybridized carbons (Fsp3) is 0.417. The van der Waals surface area contributed by atoms with Crippen LogP contribution in [0.15, 0.2) is 29.2 Å². The van der Waals surface area contributed by atoms with Crippen molar-refractivity contribution in [2.45, 2.75) is 17.9 Å². The van der Waals surface area contributed by atoms with Crippen molar-refractivity contribution in [3.63, 3.8) is 0 Å². The molecule has 7 heteroatoms. The highest BCUT2D eigenvalue weighted by atomic mass is 32.2. The lowest BCUT2D eigenvalue weighted by Crippen LogP contribution is -2.31. The number of nitrogens with two attached hydrogens (primary N) is 2. The number of hydrogen-bond acceptors (Lipinski definition) is 4. The molecule has 1 unspecified atom stereocenters. The SMILES string of the molecule is NCc1ccc(S(=O)(=O)N2CCC(C(N)=O)C2)cc1. The zero-order valence-electron chi connectivity index (χ0n) is 10.5. The minimum absolute atomic E-state index is 0.163. The van der Waals surface area contributed by atoms with Crippen molar-refractivity contribution < 1.29 is 13.2 Å². The predicted molar refractivity (Wildman–Crippen MR) is 70.4 cm³/mol. The van der Waals surface area contributed by atoms with E-state index in [1.54, 1.807) is 12.1 Å². The van der Waals surface area contributed by atoms with Gasteiger partial charge in [0.05, 0.1) is 10.8 Å². The van der Waals surface area contributed by atoms with E-state index in [4.69, 9.17) is 11.5 Å². The lowest BCUT2D eigenvalue weighted by molar-refractivity contribution is -0.121. The van der Waals surface area contributed by atoms with Crippen LogP contribution in [-0.4, -0.2) is 31.7 Å². The number of rotatable bonds is 4. The molecule has 104 valence electrons. The quantitative estimate of drug-likeness (QED) is 0.787. The summed E-state index contributed by atoms with van der Waals surface area (Å²) in [6.07, 6.45) is 0.482. The van der Waals surface area contributed by atoms with Crippen molar-refractivity contribution in [3.05, 3.63) is 29.8 Å². The minimum Gasteiger partial charge on any atom is -0.369 e. The first-order chi connectivity index (χ1) is 8.95. The van der Waals surface area contributed by atoms with Gasteiger partial charge in [0.25, 0.3) is 0 Å². The summed E-state index contributed by atoms with van der Waals surface area (Å²) in [5, 5.41) is 0. The first-order valence-electron chi connectivity index (χ1n) is 6.03. The molecule has 1 aromatic carbocycles. The number of amides is 1. The van der Waals surface area contributed by atoms with Crippen molar-refractivity contribution in [2.24, 2.45) is 17.4 Å². The number of sulfonamides is 1. The molecule has 0 aromatic heterocycles. The van der Waals surface area contributed by atoms with E-state index < -0.39 is 21.8 Å². The third-order valence-electron chi connectivity index (χ3n) is 3.35. The number of carbonyl (C=O) groups is 1. The molecule has 0 aliphatic carbocycles. The van der Waals surface area contributed by atoms with Crippen LogP contribution in [0.4, 0.5) is 0 Å². The van der Waals surface area contributed by atoms with Gasteiger partial charge in [0.15, 0.2) is 0 Å². The molecule has 4 N–H and O–H groups in total. The Morgan fingerprint density at radius 3 is 2.42 bits per heavy atom. The molecular formula is C12H17N3O3S. The minimum atomic E-state index is -3.55. The summed E-state index contributed by atoms with van der Waals surface area (Å²) in [7, 11) is -3.55. The van der Waals surface area contributed by atoms with Crippen molar-refractivity contribution in [2.75, 3.05) is 13.1 Å². The number of carbonyl (C=O) groups excluding carboxylic acids is 1. The molecule has 1 aromatic rings. The summed E-state index contributed by atoms with van der Waals surface area (Å²) in [5.41, 5.74) is 11.5. The van der Waals surface area contributed by atoms with Gasteiger partial charge >= 0.3 is 0 Å². The van der Waals surface area contributed by atoms with Crippen LogP contribution in [0.25, 0.3) is 0 Å². The fourth-order valence-corrected chi connectivity index (χ4v) is 3.63. The summed E-state index contributed by atoms with van der Waals surface area (Å²) in [6, 6.07) is 6.45. The molecule has 0 spiro atoms. The summed E-state index contributed by atoms with van der Waals surface area (Å²) >= 11 is 0. The van der Waals surface area contributed by atoms with Gasteiger partial charge in [-0.3, -0.25) is 4.79 Å². The average Bonchev–Trinajstić information content (AvgIpc) is 2.89. The molecule has 1 fully saturated rings. The molecule has 1 atom stereocenters. The maximum absolute atomic E-state index is 12.3. The largest absolute Gasteiger partial charge is 0.369 e. The lowest BCUT2D eigenvalue weighted by Gasteiger charge is -2.16. The molecule has 1 aliphatic rings. The second kappa shape index (κ2) is 5.28. The maximum Gasteiger partial charge on any atom is 0.243 e. The molecule has 0 radical (unpaired) electrons. The molecule has 2 rings (SSSR count). The van der Waals surface area contributed by atoms with Crippen LogP contribution in [0.3, 0.4) is 0 Å². The number of nitrogens with zero attached hydrogens (tertiary/aromatic N) is 1. The van der Waals surface area contributed by atoms with E-state index in [0.29, 0.717) is 19.5 Å².